The van der Waals surface area contributed by atoms with Crippen LogP contribution in [0.5, 0.6) is 0 Å². The maximum Gasteiger partial charge on any atom is 0.252 e. The quantitative estimate of drug-likeness (QED) is 0.611. The van der Waals surface area contributed by atoms with Crippen molar-refractivity contribution in [3.8, 4) is 0 Å². The van der Waals surface area contributed by atoms with Gasteiger partial charge in [-0.05, 0) is 49.2 Å². The molecule has 7 nitrogen and oxygen atoms in total. The van der Waals surface area contributed by atoms with Crippen LogP contribution in [0.1, 0.15) is 35.3 Å². The van der Waals surface area contributed by atoms with Gasteiger partial charge in [-0.2, -0.15) is 0 Å². The third-order valence-corrected chi connectivity index (χ3v) is 6.02. The van der Waals surface area contributed by atoms with Gasteiger partial charge in [0.25, 0.3) is 5.91 Å². The van der Waals surface area contributed by atoms with Gasteiger partial charge in [-0.15, -0.1) is 0 Å². The first kappa shape index (κ1) is 22.6. The van der Waals surface area contributed by atoms with E-state index in [1.807, 2.05) is 32.9 Å². The lowest BCUT2D eigenvalue weighted by atomic mass is 10.0. The summed E-state index contributed by atoms with van der Waals surface area (Å²) in [4.78, 5) is 25.4. The number of hydrogen-bond donors (Lipinski definition) is 3. The fourth-order valence-electron chi connectivity index (χ4n) is 2.79. The SMILES string of the molecule is CNS(=O)(=O)c1ccc(CNC(=O)C(NC(=O)c2ccccc2C)C(C)C)cc1. The van der Waals surface area contributed by atoms with Crippen LogP contribution >= 0.6 is 0 Å². The number of rotatable bonds is 8. The highest BCUT2D eigenvalue weighted by molar-refractivity contribution is 7.89. The molecule has 0 spiro atoms. The van der Waals surface area contributed by atoms with Gasteiger partial charge in [0.05, 0.1) is 4.90 Å². The first-order valence-electron chi connectivity index (χ1n) is 9.32. The zero-order chi connectivity index (χ0) is 21.6. The summed E-state index contributed by atoms with van der Waals surface area (Å²) in [5.74, 6) is -0.696. The Morgan fingerprint density at radius 2 is 1.62 bits per heavy atom. The molecule has 3 N–H and O–H groups in total. The molecule has 2 rings (SSSR count). The summed E-state index contributed by atoms with van der Waals surface area (Å²) in [5.41, 5.74) is 2.12. The van der Waals surface area contributed by atoms with Gasteiger partial charge in [0, 0.05) is 12.1 Å². The molecular weight excluding hydrogens is 390 g/mol. The fourth-order valence-corrected chi connectivity index (χ4v) is 3.52. The van der Waals surface area contributed by atoms with Gasteiger partial charge in [-0.1, -0.05) is 44.2 Å². The molecule has 1 atom stereocenters. The molecule has 0 heterocycles. The lowest BCUT2D eigenvalue weighted by Crippen LogP contribution is -2.49. The molecule has 8 heteroatoms. The van der Waals surface area contributed by atoms with Crippen molar-refractivity contribution in [2.75, 3.05) is 7.05 Å². The largest absolute Gasteiger partial charge is 0.350 e. The van der Waals surface area contributed by atoms with Gasteiger partial charge in [-0.25, -0.2) is 13.1 Å². The summed E-state index contributed by atoms with van der Waals surface area (Å²) < 4.78 is 25.8. The van der Waals surface area contributed by atoms with Crippen LogP contribution in [0.25, 0.3) is 0 Å². The average molecular weight is 418 g/mol. The molecule has 2 amide bonds. The molecule has 0 aliphatic carbocycles. The summed E-state index contributed by atoms with van der Waals surface area (Å²) in [6.45, 7) is 5.79. The smallest absolute Gasteiger partial charge is 0.252 e. The molecule has 0 aliphatic heterocycles. The van der Waals surface area contributed by atoms with E-state index in [0.29, 0.717) is 5.56 Å². The molecule has 0 fully saturated rings. The van der Waals surface area contributed by atoms with E-state index in [-0.39, 0.29) is 29.2 Å². The van der Waals surface area contributed by atoms with Gasteiger partial charge in [-0.3, -0.25) is 9.59 Å². The van der Waals surface area contributed by atoms with Crippen LogP contribution in [0.3, 0.4) is 0 Å². The second-order valence-corrected chi connectivity index (χ2v) is 8.97. The summed E-state index contributed by atoms with van der Waals surface area (Å²) in [6, 6.07) is 12.8. The number of hydrogen-bond acceptors (Lipinski definition) is 4. The van der Waals surface area contributed by atoms with Crippen molar-refractivity contribution in [3.05, 3.63) is 65.2 Å². The van der Waals surface area contributed by atoms with Gasteiger partial charge in [0.1, 0.15) is 6.04 Å². The van der Waals surface area contributed by atoms with E-state index in [0.717, 1.165) is 11.1 Å². The van der Waals surface area contributed by atoms with E-state index in [4.69, 9.17) is 0 Å². The normalized spacial score (nSPS) is 12.4. The van der Waals surface area contributed by atoms with Crippen LogP contribution in [0.4, 0.5) is 0 Å². The molecule has 2 aromatic carbocycles. The van der Waals surface area contributed by atoms with Crippen molar-refractivity contribution in [2.45, 2.75) is 38.3 Å². The Hall–Kier alpha value is -2.71. The minimum Gasteiger partial charge on any atom is -0.350 e. The molecule has 0 aromatic heterocycles. The van der Waals surface area contributed by atoms with E-state index < -0.39 is 16.1 Å². The Bertz CT molecular complexity index is 970. The van der Waals surface area contributed by atoms with Crippen LogP contribution in [0.15, 0.2) is 53.4 Å². The number of amides is 2. The lowest BCUT2D eigenvalue weighted by Gasteiger charge is -2.22. The molecule has 0 saturated carbocycles. The highest BCUT2D eigenvalue weighted by atomic mass is 32.2. The van der Waals surface area contributed by atoms with E-state index in [2.05, 4.69) is 15.4 Å². The van der Waals surface area contributed by atoms with E-state index in [1.54, 1.807) is 24.3 Å². The molecule has 156 valence electrons. The zero-order valence-corrected chi connectivity index (χ0v) is 17.8. The van der Waals surface area contributed by atoms with E-state index in [9.17, 15) is 18.0 Å². The highest BCUT2D eigenvalue weighted by Crippen LogP contribution is 2.12. The topological polar surface area (TPSA) is 104 Å². The van der Waals surface area contributed by atoms with Gasteiger partial charge in [0.2, 0.25) is 15.9 Å². The standard InChI is InChI=1S/C21H27N3O4S/c1-14(2)19(24-20(25)18-8-6-5-7-15(18)3)21(26)23-13-16-9-11-17(12-10-16)29(27,28)22-4/h5-12,14,19,22H,13H2,1-4H3,(H,23,26)(H,24,25). The van der Waals surface area contributed by atoms with Crippen molar-refractivity contribution in [1.82, 2.24) is 15.4 Å². The van der Waals surface area contributed by atoms with E-state index in [1.165, 1.54) is 19.2 Å². The maximum atomic E-state index is 12.7. The Morgan fingerprint density at radius 1 is 1.00 bits per heavy atom. The first-order valence-corrected chi connectivity index (χ1v) is 10.8. The van der Waals surface area contributed by atoms with E-state index >= 15 is 0 Å². The number of nitrogens with one attached hydrogen (secondary N) is 3. The molecule has 29 heavy (non-hydrogen) atoms. The first-order chi connectivity index (χ1) is 13.7. The monoisotopic (exact) mass is 417 g/mol. The highest BCUT2D eigenvalue weighted by Gasteiger charge is 2.25. The maximum absolute atomic E-state index is 12.7. The van der Waals surface area contributed by atoms with Crippen LogP contribution in [0.2, 0.25) is 0 Å². The molecule has 0 saturated heterocycles. The minimum atomic E-state index is -3.50. The summed E-state index contributed by atoms with van der Waals surface area (Å²) >= 11 is 0. The molecule has 1 unspecified atom stereocenters. The van der Waals surface area contributed by atoms with Crippen molar-refractivity contribution in [3.63, 3.8) is 0 Å². The van der Waals surface area contributed by atoms with Crippen LogP contribution in [-0.4, -0.2) is 33.3 Å². The van der Waals surface area contributed by atoms with Gasteiger partial charge >= 0.3 is 0 Å². The van der Waals surface area contributed by atoms with Crippen LogP contribution in [0, 0.1) is 12.8 Å². The van der Waals surface area contributed by atoms with Crippen molar-refractivity contribution in [2.24, 2.45) is 5.92 Å². The van der Waals surface area contributed by atoms with Crippen molar-refractivity contribution in [1.29, 1.82) is 0 Å². The van der Waals surface area contributed by atoms with Gasteiger partial charge < -0.3 is 10.6 Å². The molecule has 0 aliphatic rings. The fraction of sp³-hybridized carbons (Fsp3) is 0.333. The van der Waals surface area contributed by atoms with Crippen molar-refractivity contribution < 1.29 is 18.0 Å². The summed E-state index contributed by atoms with van der Waals surface area (Å²) in [6.07, 6.45) is 0. The second kappa shape index (κ2) is 9.67. The van der Waals surface area contributed by atoms with Crippen LogP contribution in [-0.2, 0) is 21.4 Å². The Morgan fingerprint density at radius 3 is 2.17 bits per heavy atom. The third kappa shape index (κ3) is 5.88. The summed E-state index contributed by atoms with van der Waals surface area (Å²) in [7, 11) is -2.15. The van der Waals surface area contributed by atoms with Gasteiger partial charge in [0.15, 0.2) is 0 Å². The number of sulfonamides is 1. The third-order valence-electron chi connectivity index (χ3n) is 4.59. The number of benzene rings is 2. The molecular formula is C21H27N3O4S. The summed E-state index contributed by atoms with van der Waals surface area (Å²) in [5, 5.41) is 5.61. The predicted octanol–water partition coefficient (Wildman–Crippen LogP) is 1.97. The Labute approximate surface area is 172 Å². The molecule has 0 radical (unpaired) electrons. The molecule has 0 bridgehead atoms. The zero-order valence-electron chi connectivity index (χ0n) is 17.0. The number of carbonyl (C=O) groups is 2. The molecule has 2 aromatic rings. The minimum absolute atomic E-state index is 0.105. The lowest BCUT2D eigenvalue weighted by molar-refractivity contribution is -0.124. The second-order valence-electron chi connectivity index (χ2n) is 7.08. The number of aryl methyl sites for hydroxylation is 1. The Balaban J connectivity index is 2.03. The average Bonchev–Trinajstić information content (AvgIpc) is 2.70. The van der Waals surface area contributed by atoms with Crippen molar-refractivity contribution >= 4 is 21.8 Å². The predicted molar refractivity (Wildman–Crippen MR) is 112 cm³/mol. The Kier molecular flexibility index (Phi) is 7.53. The number of carbonyl (C=O) groups excluding carboxylic acids is 2. The van der Waals surface area contributed by atoms with Crippen LogP contribution < -0.4 is 15.4 Å².